The molecule has 1 fully saturated rings. The fraction of sp³-hybridized carbons (Fsp3) is 0.417. The van der Waals surface area contributed by atoms with Gasteiger partial charge in [-0.3, -0.25) is 14.4 Å². The van der Waals surface area contributed by atoms with Gasteiger partial charge in [0.25, 0.3) is 5.91 Å². The average Bonchev–Trinajstić information content (AvgIpc) is 2.90. The summed E-state index contributed by atoms with van der Waals surface area (Å²) in [6, 6.07) is 0.849. The van der Waals surface area contributed by atoms with Crippen LogP contribution in [0.5, 0.6) is 0 Å². The number of likely N-dealkylation sites (tertiary alicyclic amines) is 1. The molecule has 0 radical (unpaired) electrons. The number of furan rings is 1. The van der Waals surface area contributed by atoms with E-state index in [2.05, 4.69) is 5.32 Å². The number of nitrogens with one attached hydrogen (secondary N) is 1. The Balaban J connectivity index is 2.06. The molecular weight excluding hydrogens is 252 g/mol. The smallest absolute Gasteiger partial charge is 0.311 e. The summed E-state index contributed by atoms with van der Waals surface area (Å²) in [7, 11) is 1.67. The molecule has 0 spiro atoms. The summed E-state index contributed by atoms with van der Waals surface area (Å²) in [5, 5.41) is 11.3. The summed E-state index contributed by atoms with van der Waals surface area (Å²) in [6.45, 7) is 0.594. The van der Waals surface area contributed by atoms with Gasteiger partial charge >= 0.3 is 5.97 Å². The number of nitrogens with zero attached hydrogens (tertiary/aromatic N) is 1. The van der Waals surface area contributed by atoms with E-state index in [4.69, 9.17) is 9.52 Å². The van der Waals surface area contributed by atoms with Crippen molar-refractivity contribution >= 4 is 17.8 Å². The van der Waals surface area contributed by atoms with Crippen LogP contribution in [0.25, 0.3) is 0 Å². The van der Waals surface area contributed by atoms with Crippen LogP contribution in [0.3, 0.4) is 0 Å². The highest BCUT2D eigenvalue weighted by Crippen LogP contribution is 2.14. The van der Waals surface area contributed by atoms with Gasteiger partial charge in [-0.25, -0.2) is 0 Å². The van der Waals surface area contributed by atoms with Gasteiger partial charge in [0.2, 0.25) is 5.91 Å². The third-order valence-corrected chi connectivity index (χ3v) is 3.03. The summed E-state index contributed by atoms with van der Waals surface area (Å²) in [6.07, 6.45) is 1.44. The number of carbonyl (C=O) groups is 3. The third-order valence-electron chi connectivity index (χ3n) is 3.03. The molecule has 2 heterocycles. The second-order valence-corrected chi connectivity index (χ2v) is 4.40. The van der Waals surface area contributed by atoms with Crippen LogP contribution in [0.15, 0.2) is 16.7 Å². The van der Waals surface area contributed by atoms with Crippen LogP contribution < -0.4 is 5.32 Å². The number of likely N-dealkylation sites (N-methyl/N-ethyl adjacent to an activating group) is 1. The monoisotopic (exact) mass is 266 g/mol. The Morgan fingerprint density at radius 3 is 2.89 bits per heavy atom. The van der Waals surface area contributed by atoms with Crippen molar-refractivity contribution in [2.75, 3.05) is 13.6 Å². The molecule has 1 unspecified atom stereocenters. The van der Waals surface area contributed by atoms with Gasteiger partial charge in [-0.1, -0.05) is 0 Å². The van der Waals surface area contributed by atoms with E-state index in [1.807, 2.05) is 0 Å². The summed E-state index contributed by atoms with van der Waals surface area (Å²) >= 11 is 0. The molecule has 1 atom stereocenters. The molecule has 0 bridgehead atoms. The van der Waals surface area contributed by atoms with Crippen LogP contribution in [0.4, 0.5) is 0 Å². The van der Waals surface area contributed by atoms with E-state index in [-0.39, 0.29) is 23.7 Å². The summed E-state index contributed by atoms with van der Waals surface area (Å²) in [5.74, 6) is -1.63. The minimum Gasteiger partial charge on any atom is -0.481 e. The first-order chi connectivity index (χ1) is 8.99. The van der Waals surface area contributed by atoms with E-state index in [9.17, 15) is 14.4 Å². The lowest BCUT2D eigenvalue weighted by molar-refractivity contribution is -0.136. The van der Waals surface area contributed by atoms with E-state index in [0.29, 0.717) is 13.0 Å². The van der Waals surface area contributed by atoms with Gasteiger partial charge in [-0.05, 0) is 12.5 Å². The van der Waals surface area contributed by atoms with Gasteiger partial charge in [-0.15, -0.1) is 0 Å². The quantitative estimate of drug-likeness (QED) is 0.790. The third kappa shape index (κ3) is 2.75. The lowest BCUT2D eigenvalue weighted by Gasteiger charge is -2.11. The van der Waals surface area contributed by atoms with Gasteiger partial charge in [0, 0.05) is 13.6 Å². The molecule has 0 saturated carbocycles. The SMILES string of the molecule is CN1CCC(NC(=O)c2ccoc2CC(=O)O)C1=O. The van der Waals surface area contributed by atoms with Crippen LogP contribution in [-0.4, -0.2) is 47.4 Å². The Bertz CT molecular complexity index is 522. The molecule has 2 N–H and O–H groups in total. The Morgan fingerprint density at radius 2 is 2.32 bits per heavy atom. The highest BCUT2D eigenvalue weighted by molar-refractivity contribution is 5.99. The standard InChI is InChI=1S/C12H14N2O5/c1-14-4-2-8(12(14)18)13-11(17)7-3-5-19-9(7)6-10(15)16/h3,5,8H,2,4,6H2,1H3,(H,13,17)(H,15,16). The van der Waals surface area contributed by atoms with Crippen LogP contribution in [0.2, 0.25) is 0 Å². The van der Waals surface area contributed by atoms with Crippen molar-refractivity contribution in [3.8, 4) is 0 Å². The number of amides is 2. The van der Waals surface area contributed by atoms with E-state index >= 15 is 0 Å². The summed E-state index contributed by atoms with van der Waals surface area (Å²) in [5.41, 5.74) is 0.157. The fourth-order valence-electron chi connectivity index (χ4n) is 2.01. The predicted molar refractivity (Wildman–Crippen MR) is 63.6 cm³/mol. The van der Waals surface area contributed by atoms with Gasteiger partial charge < -0.3 is 19.7 Å². The fourth-order valence-corrected chi connectivity index (χ4v) is 2.01. The van der Waals surface area contributed by atoms with Gasteiger partial charge in [0.1, 0.15) is 18.2 Å². The van der Waals surface area contributed by atoms with E-state index < -0.39 is 17.9 Å². The van der Waals surface area contributed by atoms with Crippen molar-refractivity contribution in [1.82, 2.24) is 10.2 Å². The molecule has 0 aromatic carbocycles. The highest BCUT2D eigenvalue weighted by atomic mass is 16.4. The van der Waals surface area contributed by atoms with Crippen molar-refractivity contribution in [2.45, 2.75) is 18.9 Å². The van der Waals surface area contributed by atoms with Crippen LogP contribution in [-0.2, 0) is 16.0 Å². The number of hydrogen-bond acceptors (Lipinski definition) is 4. The predicted octanol–water partition coefficient (Wildman–Crippen LogP) is -0.133. The number of carboxylic acids is 1. The maximum absolute atomic E-state index is 12.0. The maximum atomic E-state index is 12.0. The van der Waals surface area contributed by atoms with Crippen molar-refractivity contribution in [2.24, 2.45) is 0 Å². The van der Waals surface area contributed by atoms with Crippen LogP contribution in [0, 0.1) is 0 Å². The van der Waals surface area contributed by atoms with Crippen molar-refractivity contribution in [1.29, 1.82) is 0 Å². The Labute approximate surface area is 109 Å². The normalized spacial score (nSPS) is 18.7. The number of hydrogen-bond donors (Lipinski definition) is 2. The molecular formula is C12H14N2O5. The molecule has 1 saturated heterocycles. The number of carboxylic acid groups (broad SMARTS) is 1. The van der Waals surface area contributed by atoms with Gasteiger partial charge in [0.05, 0.1) is 11.8 Å². The first-order valence-electron chi connectivity index (χ1n) is 5.83. The molecule has 1 aliphatic heterocycles. The maximum Gasteiger partial charge on any atom is 0.311 e. The van der Waals surface area contributed by atoms with E-state index in [1.165, 1.54) is 12.3 Å². The molecule has 2 rings (SSSR count). The Hall–Kier alpha value is -2.31. The molecule has 1 aromatic rings. The molecule has 0 aliphatic carbocycles. The molecule has 1 aromatic heterocycles. The molecule has 7 heteroatoms. The molecule has 19 heavy (non-hydrogen) atoms. The van der Waals surface area contributed by atoms with Crippen molar-refractivity contribution < 1.29 is 23.9 Å². The Morgan fingerprint density at radius 1 is 1.58 bits per heavy atom. The van der Waals surface area contributed by atoms with Gasteiger partial charge in [0.15, 0.2) is 0 Å². The number of rotatable bonds is 4. The molecule has 2 amide bonds. The zero-order valence-electron chi connectivity index (χ0n) is 10.4. The molecule has 7 nitrogen and oxygen atoms in total. The summed E-state index contributed by atoms with van der Waals surface area (Å²) in [4.78, 5) is 35.8. The second-order valence-electron chi connectivity index (χ2n) is 4.40. The minimum atomic E-state index is -1.08. The zero-order valence-corrected chi connectivity index (χ0v) is 10.4. The lowest BCUT2D eigenvalue weighted by atomic mass is 10.1. The average molecular weight is 266 g/mol. The van der Waals surface area contributed by atoms with E-state index in [0.717, 1.165) is 0 Å². The van der Waals surface area contributed by atoms with Crippen LogP contribution >= 0.6 is 0 Å². The zero-order chi connectivity index (χ0) is 14.0. The van der Waals surface area contributed by atoms with Crippen molar-refractivity contribution in [3.05, 3.63) is 23.7 Å². The largest absolute Gasteiger partial charge is 0.481 e. The number of carbonyl (C=O) groups excluding carboxylic acids is 2. The van der Waals surface area contributed by atoms with Crippen LogP contribution in [0.1, 0.15) is 22.5 Å². The topological polar surface area (TPSA) is 99.8 Å². The van der Waals surface area contributed by atoms with E-state index in [1.54, 1.807) is 11.9 Å². The molecule has 102 valence electrons. The molecule has 1 aliphatic rings. The minimum absolute atomic E-state index is 0.0869. The van der Waals surface area contributed by atoms with Gasteiger partial charge in [-0.2, -0.15) is 0 Å². The summed E-state index contributed by atoms with van der Waals surface area (Å²) < 4.78 is 4.97. The second kappa shape index (κ2) is 5.13. The number of aliphatic carboxylic acids is 1. The Kier molecular flexibility index (Phi) is 3.55. The first-order valence-corrected chi connectivity index (χ1v) is 5.83. The first kappa shape index (κ1) is 13.1. The lowest BCUT2D eigenvalue weighted by Crippen LogP contribution is -2.40. The van der Waals surface area contributed by atoms with Crippen molar-refractivity contribution in [3.63, 3.8) is 0 Å². The highest BCUT2D eigenvalue weighted by Gasteiger charge is 2.31.